The van der Waals surface area contributed by atoms with Crippen LogP contribution in [0.3, 0.4) is 0 Å². The SMILES string of the molecule is CCCC(C)NC(=O)COC(=O)c1ccc(S(=O)(=O)NC(C)CC)cc1. The molecular weight excluding hydrogens is 356 g/mol. The predicted molar refractivity (Wildman–Crippen MR) is 99.3 cm³/mol. The summed E-state index contributed by atoms with van der Waals surface area (Å²) in [6.07, 6.45) is 2.46. The minimum atomic E-state index is -3.63. The first-order chi connectivity index (χ1) is 12.2. The number of hydrogen-bond donors (Lipinski definition) is 2. The van der Waals surface area contributed by atoms with Crippen LogP contribution in [0.5, 0.6) is 0 Å². The van der Waals surface area contributed by atoms with Gasteiger partial charge in [-0.1, -0.05) is 20.3 Å². The fraction of sp³-hybridized carbons (Fsp3) is 0.556. The van der Waals surface area contributed by atoms with E-state index in [1.165, 1.54) is 24.3 Å². The minimum Gasteiger partial charge on any atom is -0.452 e. The second-order valence-corrected chi connectivity index (χ2v) is 8.00. The highest BCUT2D eigenvalue weighted by Gasteiger charge is 2.18. The van der Waals surface area contributed by atoms with Crippen molar-refractivity contribution in [2.24, 2.45) is 0 Å². The topological polar surface area (TPSA) is 102 Å². The van der Waals surface area contributed by atoms with E-state index in [0.29, 0.717) is 6.42 Å². The standard InChI is InChI=1S/C18H28N2O5S/c1-5-7-14(4)19-17(21)12-25-18(22)15-8-10-16(11-9-15)26(23,24)20-13(3)6-2/h8-11,13-14,20H,5-7,12H2,1-4H3,(H,19,21). The summed E-state index contributed by atoms with van der Waals surface area (Å²) in [5.74, 6) is -1.04. The van der Waals surface area contributed by atoms with Gasteiger partial charge in [0.05, 0.1) is 10.5 Å². The molecule has 0 aliphatic carbocycles. The second-order valence-electron chi connectivity index (χ2n) is 6.29. The highest BCUT2D eigenvalue weighted by molar-refractivity contribution is 7.89. The lowest BCUT2D eigenvalue weighted by Crippen LogP contribution is -2.35. The Morgan fingerprint density at radius 1 is 1.08 bits per heavy atom. The molecule has 0 aromatic heterocycles. The van der Waals surface area contributed by atoms with Gasteiger partial charge in [-0.05, 0) is 51.0 Å². The molecule has 0 aliphatic heterocycles. The lowest BCUT2D eigenvalue weighted by Gasteiger charge is -2.13. The molecule has 1 aromatic carbocycles. The third-order valence-electron chi connectivity index (χ3n) is 3.83. The summed E-state index contributed by atoms with van der Waals surface area (Å²) >= 11 is 0. The van der Waals surface area contributed by atoms with Crippen LogP contribution in [0.4, 0.5) is 0 Å². The molecular formula is C18H28N2O5S. The van der Waals surface area contributed by atoms with E-state index < -0.39 is 16.0 Å². The van der Waals surface area contributed by atoms with Gasteiger partial charge in [-0.3, -0.25) is 4.79 Å². The van der Waals surface area contributed by atoms with Crippen molar-refractivity contribution >= 4 is 21.9 Å². The molecule has 2 atom stereocenters. The molecule has 146 valence electrons. The van der Waals surface area contributed by atoms with Crippen molar-refractivity contribution in [1.82, 2.24) is 10.0 Å². The first-order valence-corrected chi connectivity index (χ1v) is 10.3. The molecule has 0 aliphatic rings. The number of amides is 1. The predicted octanol–water partition coefficient (Wildman–Crippen LogP) is 2.22. The van der Waals surface area contributed by atoms with Crippen LogP contribution < -0.4 is 10.0 Å². The van der Waals surface area contributed by atoms with Crippen molar-refractivity contribution in [2.45, 2.75) is 63.9 Å². The Hall–Kier alpha value is -1.93. The van der Waals surface area contributed by atoms with Crippen LogP contribution in [0.25, 0.3) is 0 Å². The van der Waals surface area contributed by atoms with E-state index in [9.17, 15) is 18.0 Å². The van der Waals surface area contributed by atoms with Crippen LogP contribution >= 0.6 is 0 Å². The number of nitrogens with one attached hydrogen (secondary N) is 2. The van der Waals surface area contributed by atoms with Crippen molar-refractivity contribution in [3.05, 3.63) is 29.8 Å². The van der Waals surface area contributed by atoms with Gasteiger partial charge in [0.25, 0.3) is 5.91 Å². The van der Waals surface area contributed by atoms with Crippen molar-refractivity contribution in [3.8, 4) is 0 Å². The third-order valence-corrected chi connectivity index (χ3v) is 5.44. The first kappa shape index (κ1) is 22.1. The normalized spacial score (nSPS) is 13.7. The Labute approximate surface area is 155 Å². The number of carbonyl (C=O) groups excluding carboxylic acids is 2. The van der Waals surface area contributed by atoms with Gasteiger partial charge in [-0.25, -0.2) is 17.9 Å². The lowest BCUT2D eigenvalue weighted by atomic mass is 10.2. The molecule has 0 saturated carbocycles. The Morgan fingerprint density at radius 3 is 2.23 bits per heavy atom. The number of sulfonamides is 1. The highest BCUT2D eigenvalue weighted by Crippen LogP contribution is 2.12. The zero-order valence-corrected chi connectivity index (χ0v) is 16.6. The number of carbonyl (C=O) groups is 2. The average Bonchev–Trinajstić information content (AvgIpc) is 2.59. The van der Waals surface area contributed by atoms with E-state index in [4.69, 9.17) is 4.74 Å². The van der Waals surface area contributed by atoms with Crippen molar-refractivity contribution in [1.29, 1.82) is 0 Å². The summed E-state index contributed by atoms with van der Waals surface area (Å²) in [7, 11) is -3.63. The molecule has 2 N–H and O–H groups in total. The number of benzene rings is 1. The van der Waals surface area contributed by atoms with E-state index in [0.717, 1.165) is 12.8 Å². The Bertz CT molecular complexity index is 701. The zero-order valence-electron chi connectivity index (χ0n) is 15.7. The molecule has 2 unspecified atom stereocenters. The lowest BCUT2D eigenvalue weighted by molar-refractivity contribution is -0.124. The summed E-state index contributed by atoms with van der Waals surface area (Å²) in [5.41, 5.74) is 0.182. The van der Waals surface area contributed by atoms with Gasteiger partial charge in [0, 0.05) is 12.1 Å². The molecule has 0 saturated heterocycles. The fourth-order valence-corrected chi connectivity index (χ4v) is 3.55. The summed E-state index contributed by atoms with van der Waals surface area (Å²) in [6.45, 7) is 7.18. The number of ether oxygens (including phenoxy) is 1. The molecule has 0 fully saturated rings. The maximum absolute atomic E-state index is 12.2. The Kier molecular flexibility index (Phi) is 8.74. The van der Waals surface area contributed by atoms with Crippen molar-refractivity contribution < 1.29 is 22.7 Å². The molecule has 1 rings (SSSR count). The fourth-order valence-electron chi connectivity index (χ4n) is 2.22. The summed E-state index contributed by atoms with van der Waals surface area (Å²) < 4.78 is 31.8. The molecule has 0 heterocycles. The molecule has 26 heavy (non-hydrogen) atoms. The van der Waals surface area contributed by atoms with Crippen molar-refractivity contribution in [3.63, 3.8) is 0 Å². The number of rotatable bonds is 10. The zero-order chi connectivity index (χ0) is 19.7. The Balaban J connectivity index is 2.63. The van der Waals surface area contributed by atoms with Gasteiger partial charge >= 0.3 is 5.97 Å². The molecule has 0 radical (unpaired) electrons. The van der Waals surface area contributed by atoms with Crippen LogP contribution in [-0.4, -0.2) is 39.0 Å². The summed E-state index contributed by atoms with van der Waals surface area (Å²) in [5, 5.41) is 2.74. The van der Waals surface area contributed by atoms with Gasteiger partial charge in [0.2, 0.25) is 10.0 Å². The van der Waals surface area contributed by atoms with Crippen LogP contribution in [0.1, 0.15) is 57.3 Å². The third kappa shape index (κ3) is 7.13. The highest BCUT2D eigenvalue weighted by atomic mass is 32.2. The Morgan fingerprint density at radius 2 is 1.69 bits per heavy atom. The van der Waals surface area contributed by atoms with Crippen molar-refractivity contribution in [2.75, 3.05) is 6.61 Å². The van der Waals surface area contributed by atoms with Gasteiger partial charge in [-0.2, -0.15) is 0 Å². The molecule has 8 heteroatoms. The molecule has 1 amide bonds. The maximum atomic E-state index is 12.2. The monoisotopic (exact) mass is 384 g/mol. The van der Waals surface area contributed by atoms with E-state index in [-0.39, 0.29) is 35.1 Å². The quantitative estimate of drug-likeness (QED) is 0.602. The van der Waals surface area contributed by atoms with Crippen LogP contribution in [0.2, 0.25) is 0 Å². The number of hydrogen-bond acceptors (Lipinski definition) is 5. The molecule has 1 aromatic rings. The van der Waals surface area contributed by atoms with E-state index >= 15 is 0 Å². The molecule has 0 bridgehead atoms. The molecule has 7 nitrogen and oxygen atoms in total. The van der Waals surface area contributed by atoms with Gasteiger partial charge in [0.1, 0.15) is 0 Å². The first-order valence-electron chi connectivity index (χ1n) is 8.78. The van der Waals surface area contributed by atoms with E-state index in [1.54, 1.807) is 6.92 Å². The summed E-state index contributed by atoms with van der Waals surface area (Å²) in [6, 6.07) is 5.25. The largest absolute Gasteiger partial charge is 0.452 e. The summed E-state index contributed by atoms with van der Waals surface area (Å²) in [4.78, 5) is 23.8. The van der Waals surface area contributed by atoms with Crippen LogP contribution in [0.15, 0.2) is 29.2 Å². The van der Waals surface area contributed by atoms with Gasteiger partial charge in [0.15, 0.2) is 6.61 Å². The van der Waals surface area contributed by atoms with Gasteiger partial charge in [-0.15, -0.1) is 0 Å². The average molecular weight is 384 g/mol. The number of esters is 1. The van der Waals surface area contributed by atoms with Crippen LogP contribution in [0, 0.1) is 0 Å². The minimum absolute atomic E-state index is 0.0219. The van der Waals surface area contributed by atoms with Crippen LogP contribution in [-0.2, 0) is 19.6 Å². The van der Waals surface area contributed by atoms with E-state index in [2.05, 4.69) is 10.0 Å². The smallest absolute Gasteiger partial charge is 0.338 e. The molecule has 0 spiro atoms. The van der Waals surface area contributed by atoms with Gasteiger partial charge < -0.3 is 10.1 Å². The van der Waals surface area contributed by atoms with E-state index in [1.807, 2.05) is 20.8 Å². The maximum Gasteiger partial charge on any atom is 0.338 e. The second kappa shape index (κ2) is 10.3.